The van der Waals surface area contributed by atoms with Gasteiger partial charge in [0.05, 0.1) is 17.6 Å². The molecule has 24 heavy (non-hydrogen) atoms. The second kappa shape index (κ2) is 6.72. The number of likely N-dealkylation sites (tertiary alicyclic amines) is 1. The number of carbonyl (C=O) groups excluding carboxylic acids is 1. The Hall–Kier alpha value is -1.60. The van der Waals surface area contributed by atoms with E-state index in [9.17, 15) is 13.2 Å². The largest absolute Gasteiger partial charge is 0.496 e. The minimum atomic E-state index is -3.86. The molecule has 3 rings (SSSR count). The van der Waals surface area contributed by atoms with Crippen LogP contribution in [0.25, 0.3) is 0 Å². The summed E-state index contributed by atoms with van der Waals surface area (Å²) in [7, 11) is -2.39. The Labute approximate surface area is 143 Å². The van der Waals surface area contributed by atoms with Crippen molar-refractivity contribution in [3.8, 4) is 5.75 Å². The summed E-state index contributed by atoms with van der Waals surface area (Å²) in [5.41, 5.74) is 0.262. The first-order valence-corrected chi connectivity index (χ1v) is 9.95. The van der Waals surface area contributed by atoms with Crippen LogP contribution in [-0.2, 0) is 10.0 Å². The molecule has 0 aromatic heterocycles. The predicted molar refractivity (Wildman–Crippen MR) is 90.3 cm³/mol. The molecule has 1 saturated heterocycles. The van der Waals surface area contributed by atoms with Crippen molar-refractivity contribution in [1.82, 2.24) is 4.90 Å². The molecule has 2 fully saturated rings. The fraction of sp³-hybridized carbons (Fsp3) is 0.588. The topological polar surface area (TPSA) is 89.7 Å². The fourth-order valence-electron chi connectivity index (χ4n) is 3.99. The van der Waals surface area contributed by atoms with Gasteiger partial charge in [-0.05, 0) is 42.9 Å². The van der Waals surface area contributed by atoms with Gasteiger partial charge in [0.2, 0.25) is 10.0 Å². The summed E-state index contributed by atoms with van der Waals surface area (Å²) in [5.74, 6) is 1.48. The highest BCUT2D eigenvalue weighted by Gasteiger charge is 2.34. The predicted octanol–water partition coefficient (Wildman–Crippen LogP) is 1.99. The lowest BCUT2D eigenvalue weighted by atomic mass is 9.75. The summed E-state index contributed by atoms with van der Waals surface area (Å²) in [5, 5.41) is 5.19. The summed E-state index contributed by atoms with van der Waals surface area (Å²) in [6.07, 6.45) is 5.97. The Kier molecular flexibility index (Phi) is 4.83. The number of benzene rings is 1. The first-order chi connectivity index (χ1) is 11.4. The zero-order valence-electron chi connectivity index (χ0n) is 13.9. The van der Waals surface area contributed by atoms with Gasteiger partial charge in [-0.2, -0.15) is 0 Å². The van der Waals surface area contributed by atoms with Crippen molar-refractivity contribution in [3.63, 3.8) is 0 Å². The van der Waals surface area contributed by atoms with Gasteiger partial charge in [-0.1, -0.05) is 19.3 Å². The van der Waals surface area contributed by atoms with Gasteiger partial charge in [0.25, 0.3) is 5.91 Å². The molecule has 0 unspecified atom stereocenters. The molecule has 1 aromatic carbocycles. The van der Waals surface area contributed by atoms with Gasteiger partial charge < -0.3 is 9.64 Å². The molecule has 1 saturated carbocycles. The third kappa shape index (κ3) is 3.42. The number of nitrogens with two attached hydrogens (primary N) is 1. The third-order valence-electron chi connectivity index (χ3n) is 5.31. The Morgan fingerprint density at radius 3 is 2.58 bits per heavy atom. The van der Waals surface area contributed by atoms with Gasteiger partial charge in [0, 0.05) is 13.1 Å². The molecule has 2 N–H and O–H groups in total. The van der Waals surface area contributed by atoms with Crippen LogP contribution in [0.15, 0.2) is 23.1 Å². The molecule has 132 valence electrons. The molecule has 1 aliphatic carbocycles. The Morgan fingerprint density at radius 2 is 1.92 bits per heavy atom. The highest BCUT2D eigenvalue weighted by Crippen LogP contribution is 2.37. The fourth-order valence-corrected chi connectivity index (χ4v) is 4.53. The number of carbonyl (C=O) groups is 1. The molecule has 1 amide bonds. The SMILES string of the molecule is COc1ccc(S(N)(=O)=O)cc1C(=O)N1CC[C@@H]2CCCC[C@@H]2C1. The number of piperidine rings is 1. The van der Waals surface area contributed by atoms with Crippen LogP contribution in [0.3, 0.4) is 0 Å². The summed E-state index contributed by atoms with van der Waals surface area (Å²) in [6.45, 7) is 1.45. The molecule has 6 nitrogen and oxygen atoms in total. The molecule has 1 aromatic rings. The number of fused-ring (bicyclic) bond motifs is 1. The normalized spacial score (nSPS) is 24.3. The quantitative estimate of drug-likeness (QED) is 0.901. The van der Waals surface area contributed by atoms with Gasteiger partial charge in [-0.15, -0.1) is 0 Å². The molecule has 1 heterocycles. The Balaban J connectivity index is 1.86. The van der Waals surface area contributed by atoms with E-state index < -0.39 is 10.0 Å². The van der Waals surface area contributed by atoms with Crippen LogP contribution in [0.2, 0.25) is 0 Å². The number of primary sulfonamides is 1. The zero-order valence-corrected chi connectivity index (χ0v) is 14.7. The monoisotopic (exact) mass is 352 g/mol. The van der Waals surface area contributed by atoms with Crippen molar-refractivity contribution in [2.75, 3.05) is 20.2 Å². The number of rotatable bonds is 3. The van der Waals surface area contributed by atoms with Gasteiger partial charge in [0.1, 0.15) is 5.75 Å². The van der Waals surface area contributed by atoms with E-state index in [1.54, 1.807) is 0 Å². The van der Waals surface area contributed by atoms with Crippen LogP contribution in [0.4, 0.5) is 0 Å². The number of amides is 1. The number of methoxy groups -OCH3 is 1. The van der Waals surface area contributed by atoms with Crippen molar-refractivity contribution in [1.29, 1.82) is 0 Å². The standard InChI is InChI=1S/C17H24N2O4S/c1-23-16-7-6-14(24(18,21)22)10-15(16)17(20)19-9-8-12-4-2-3-5-13(12)11-19/h6-7,10,12-13H,2-5,8-9,11H2,1H3,(H2,18,21,22)/t12-,13+/m0/s1. The maximum atomic E-state index is 12.9. The van der Waals surface area contributed by atoms with Crippen molar-refractivity contribution >= 4 is 15.9 Å². The second-order valence-electron chi connectivity index (χ2n) is 6.75. The second-order valence-corrected chi connectivity index (χ2v) is 8.31. The molecular weight excluding hydrogens is 328 g/mol. The lowest BCUT2D eigenvalue weighted by molar-refractivity contribution is 0.0518. The molecule has 2 atom stereocenters. The van der Waals surface area contributed by atoms with Crippen LogP contribution in [-0.4, -0.2) is 39.4 Å². The van der Waals surface area contributed by atoms with Gasteiger partial charge in [-0.3, -0.25) is 4.79 Å². The smallest absolute Gasteiger partial charge is 0.257 e. The minimum Gasteiger partial charge on any atom is -0.496 e. The summed E-state index contributed by atoms with van der Waals surface area (Å²) < 4.78 is 28.4. The number of ether oxygens (including phenoxy) is 1. The van der Waals surface area contributed by atoms with E-state index in [0.717, 1.165) is 18.9 Å². The summed E-state index contributed by atoms with van der Waals surface area (Å²) >= 11 is 0. The Bertz CT molecular complexity index is 732. The summed E-state index contributed by atoms with van der Waals surface area (Å²) in [6, 6.07) is 4.17. The van der Waals surface area contributed by atoms with E-state index >= 15 is 0 Å². The van der Waals surface area contributed by atoms with Gasteiger partial charge in [-0.25, -0.2) is 13.6 Å². The molecule has 2 aliphatic rings. The maximum absolute atomic E-state index is 12.9. The third-order valence-corrected chi connectivity index (χ3v) is 6.22. The van der Waals surface area contributed by atoms with Crippen molar-refractivity contribution in [2.24, 2.45) is 17.0 Å². The lowest BCUT2D eigenvalue weighted by Crippen LogP contribution is -2.44. The van der Waals surface area contributed by atoms with Crippen LogP contribution < -0.4 is 9.88 Å². The average Bonchev–Trinajstić information content (AvgIpc) is 2.59. The van der Waals surface area contributed by atoms with E-state index in [1.165, 1.54) is 51.0 Å². The van der Waals surface area contributed by atoms with E-state index in [-0.39, 0.29) is 16.4 Å². The van der Waals surface area contributed by atoms with Gasteiger partial charge >= 0.3 is 0 Å². The lowest BCUT2D eigenvalue weighted by Gasteiger charge is -2.41. The Morgan fingerprint density at radius 1 is 1.21 bits per heavy atom. The van der Waals surface area contributed by atoms with Crippen LogP contribution in [0, 0.1) is 11.8 Å². The first kappa shape index (κ1) is 17.2. The van der Waals surface area contributed by atoms with Crippen molar-refractivity contribution in [2.45, 2.75) is 37.0 Å². The van der Waals surface area contributed by atoms with E-state index in [1.807, 2.05) is 4.90 Å². The molecule has 0 spiro atoms. The molecular formula is C17H24N2O4S. The summed E-state index contributed by atoms with van der Waals surface area (Å²) in [4.78, 5) is 14.7. The average molecular weight is 352 g/mol. The van der Waals surface area contributed by atoms with Crippen LogP contribution >= 0.6 is 0 Å². The van der Waals surface area contributed by atoms with Crippen LogP contribution in [0.1, 0.15) is 42.5 Å². The molecule has 0 radical (unpaired) electrons. The highest BCUT2D eigenvalue weighted by molar-refractivity contribution is 7.89. The first-order valence-electron chi connectivity index (χ1n) is 8.40. The maximum Gasteiger partial charge on any atom is 0.257 e. The van der Waals surface area contributed by atoms with Crippen LogP contribution in [0.5, 0.6) is 5.75 Å². The van der Waals surface area contributed by atoms with Crippen molar-refractivity contribution in [3.05, 3.63) is 23.8 Å². The minimum absolute atomic E-state index is 0.0702. The zero-order chi connectivity index (χ0) is 17.3. The van der Waals surface area contributed by atoms with E-state index in [2.05, 4.69) is 0 Å². The number of hydrogen-bond donors (Lipinski definition) is 1. The highest BCUT2D eigenvalue weighted by atomic mass is 32.2. The van der Waals surface area contributed by atoms with Gasteiger partial charge in [0.15, 0.2) is 0 Å². The van der Waals surface area contributed by atoms with E-state index in [0.29, 0.717) is 18.2 Å². The molecule has 1 aliphatic heterocycles. The number of sulfonamides is 1. The van der Waals surface area contributed by atoms with Crippen molar-refractivity contribution < 1.29 is 17.9 Å². The molecule has 7 heteroatoms. The van der Waals surface area contributed by atoms with E-state index in [4.69, 9.17) is 9.88 Å². The molecule has 0 bridgehead atoms. The number of nitrogens with zero attached hydrogens (tertiary/aromatic N) is 1. The number of hydrogen-bond acceptors (Lipinski definition) is 4.